The molecule has 0 aliphatic rings. The molecule has 0 aliphatic heterocycles. The Kier molecular flexibility index (Phi) is 4.38. The van der Waals surface area contributed by atoms with Crippen molar-refractivity contribution >= 4 is 45.8 Å². The Labute approximate surface area is 136 Å². The van der Waals surface area contributed by atoms with Gasteiger partial charge in [0.25, 0.3) is 0 Å². The zero-order valence-electron chi connectivity index (χ0n) is 10.8. The topological polar surface area (TPSA) is 25.8 Å². The van der Waals surface area contributed by atoms with E-state index in [4.69, 9.17) is 23.2 Å². The summed E-state index contributed by atoms with van der Waals surface area (Å²) in [6.07, 6.45) is 0. The molecule has 0 bridgehead atoms. The van der Waals surface area contributed by atoms with E-state index in [1.165, 1.54) is 5.56 Å². The summed E-state index contributed by atoms with van der Waals surface area (Å²) in [6, 6.07) is 8.15. The van der Waals surface area contributed by atoms with Gasteiger partial charge in [0.1, 0.15) is 10.3 Å². The third kappa shape index (κ3) is 3.38. The van der Waals surface area contributed by atoms with Crippen molar-refractivity contribution in [1.29, 1.82) is 0 Å². The highest BCUT2D eigenvalue weighted by molar-refractivity contribution is 14.1. The summed E-state index contributed by atoms with van der Waals surface area (Å²) < 4.78 is 0.677. The van der Waals surface area contributed by atoms with E-state index in [0.29, 0.717) is 19.7 Å². The van der Waals surface area contributed by atoms with Crippen molar-refractivity contribution in [2.24, 2.45) is 0 Å². The van der Waals surface area contributed by atoms with Gasteiger partial charge in [-0.1, -0.05) is 68.2 Å². The molecule has 0 unspecified atom stereocenters. The van der Waals surface area contributed by atoms with E-state index in [-0.39, 0.29) is 5.41 Å². The molecule has 0 amide bonds. The molecule has 1 aromatic carbocycles. The van der Waals surface area contributed by atoms with E-state index in [1.54, 1.807) is 0 Å². The van der Waals surface area contributed by atoms with Crippen LogP contribution in [0.1, 0.15) is 26.3 Å². The highest BCUT2D eigenvalue weighted by Gasteiger charge is 2.14. The Hall–Kier alpha value is -0.390. The van der Waals surface area contributed by atoms with Crippen molar-refractivity contribution in [3.63, 3.8) is 0 Å². The Morgan fingerprint density at radius 1 is 0.947 bits per heavy atom. The summed E-state index contributed by atoms with van der Waals surface area (Å²) >= 11 is 14.1. The summed E-state index contributed by atoms with van der Waals surface area (Å²) in [6.45, 7) is 6.53. The van der Waals surface area contributed by atoms with Gasteiger partial charge >= 0.3 is 0 Å². The summed E-state index contributed by atoms with van der Waals surface area (Å²) in [5, 5.41) is 0.769. The molecule has 2 aromatic rings. The third-order valence-corrected chi connectivity index (χ3v) is 4.99. The first kappa shape index (κ1) is 15.0. The van der Waals surface area contributed by atoms with Crippen molar-refractivity contribution < 1.29 is 0 Å². The van der Waals surface area contributed by atoms with Crippen LogP contribution in [0.3, 0.4) is 0 Å². The number of rotatable bonds is 1. The van der Waals surface area contributed by atoms with Gasteiger partial charge in [-0.05, 0) is 33.6 Å². The molecule has 0 N–H and O–H groups in total. The lowest BCUT2D eigenvalue weighted by atomic mass is 9.87. The molecule has 2 rings (SSSR count). The maximum absolute atomic E-state index is 6.03. The highest BCUT2D eigenvalue weighted by atomic mass is 127. The molecule has 0 atom stereocenters. The first-order valence-electron chi connectivity index (χ1n) is 5.78. The minimum absolute atomic E-state index is 0.126. The highest BCUT2D eigenvalue weighted by Crippen LogP contribution is 2.28. The molecule has 5 heteroatoms. The van der Waals surface area contributed by atoms with E-state index in [2.05, 4.69) is 42.9 Å². The lowest BCUT2D eigenvalue weighted by molar-refractivity contribution is 0.590. The van der Waals surface area contributed by atoms with Gasteiger partial charge in [0.15, 0.2) is 5.82 Å². The van der Waals surface area contributed by atoms with Gasteiger partial charge in [0, 0.05) is 5.56 Å². The molecule has 1 aromatic heterocycles. The second-order valence-corrected chi connectivity index (χ2v) is 7.06. The Morgan fingerprint density at radius 2 is 1.42 bits per heavy atom. The van der Waals surface area contributed by atoms with Crippen LogP contribution in [0.5, 0.6) is 0 Å². The van der Waals surface area contributed by atoms with Gasteiger partial charge < -0.3 is 0 Å². The Morgan fingerprint density at radius 3 is 1.84 bits per heavy atom. The van der Waals surface area contributed by atoms with E-state index in [9.17, 15) is 0 Å². The number of aromatic nitrogens is 2. The molecule has 0 saturated heterocycles. The lowest BCUT2D eigenvalue weighted by Gasteiger charge is -2.19. The number of benzene rings is 1. The summed E-state index contributed by atoms with van der Waals surface area (Å²) in [5.41, 5.74) is 2.30. The standard InChI is InChI=1S/C14H13Cl2IN2/c1-14(2,3)9-6-4-8(5-7-9)13-18-11(15)10(17)12(16)19-13/h4-7H,1-3H3. The lowest BCUT2D eigenvalue weighted by Crippen LogP contribution is -2.10. The van der Waals surface area contributed by atoms with Crippen molar-refractivity contribution in [2.45, 2.75) is 26.2 Å². The molecule has 1 heterocycles. The second-order valence-electron chi connectivity index (χ2n) is 5.27. The van der Waals surface area contributed by atoms with E-state index < -0.39 is 0 Å². The first-order chi connectivity index (χ1) is 8.79. The fourth-order valence-electron chi connectivity index (χ4n) is 1.64. The quantitative estimate of drug-likeness (QED) is 0.471. The third-order valence-electron chi connectivity index (χ3n) is 2.78. The predicted octanol–water partition coefficient (Wildman–Crippen LogP) is 5.35. The van der Waals surface area contributed by atoms with Crippen LogP contribution in [0.4, 0.5) is 0 Å². The van der Waals surface area contributed by atoms with Gasteiger partial charge in [-0.15, -0.1) is 0 Å². The van der Waals surface area contributed by atoms with E-state index in [1.807, 2.05) is 34.7 Å². The van der Waals surface area contributed by atoms with Crippen LogP contribution in [-0.4, -0.2) is 9.97 Å². The van der Waals surface area contributed by atoms with Gasteiger partial charge in [-0.2, -0.15) is 0 Å². The summed E-state index contributed by atoms with van der Waals surface area (Å²) in [4.78, 5) is 8.52. The van der Waals surface area contributed by atoms with Gasteiger partial charge in [-0.25, -0.2) is 9.97 Å². The SMILES string of the molecule is CC(C)(C)c1ccc(-c2nc(Cl)c(I)c(Cl)n2)cc1. The zero-order chi connectivity index (χ0) is 14.2. The fraction of sp³-hybridized carbons (Fsp3) is 0.286. The molecular weight excluding hydrogens is 394 g/mol. The number of hydrogen-bond donors (Lipinski definition) is 0. The molecule has 0 aliphatic carbocycles. The van der Waals surface area contributed by atoms with Crippen molar-refractivity contribution in [3.8, 4) is 11.4 Å². The van der Waals surface area contributed by atoms with Crippen LogP contribution in [0.15, 0.2) is 24.3 Å². The van der Waals surface area contributed by atoms with Crippen molar-refractivity contribution in [2.75, 3.05) is 0 Å². The predicted molar refractivity (Wildman–Crippen MR) is 88.9 cm³/mol. The van der Waals surface area contributed by atoms with Crippen LogP contribution in [0.2, 0.25) is 10.3 Å². The molecule has 19 heavy (non-hydrogen) atoms. The van der Waals surface area contributed by atoms with Crippen LogP contribution in [0, 0.1) is 3.57 Å². The van der Waals surface area contributed by atoms with Crippen LogP contribution >= 0.6 is 45.8 Å². The monoisotopic (exact) mass is 406 g/mol. The number of halogens is 3. The average Bonchev–Trinajstić information content (AvgIpc) is 2.34. The van der Waals surface area contributed by atoms with Crippen molar-refractivity contribution in [1.82, 2.24) is 9.97 Å². The molecule has 0 saturated carbocycles. The fourth-order valence-corrected chi connectivity index (χ4v) is 2.27. The first-order valence-corrected chi connectivity index (χ1v) is 7.62. The number of hydrogen-bond acceptors (Lipinski definition) is 2. The largest absolute Gasteiger partial charge is 0.215 e. The van der Waals surface area contributed by atoms with Gasteiger partial charge in [0.2, 0.25) is 0 Å². The van der Waals surface area contributed by atoms with Crippen LogP contribution in [-0.2, 0) is 5.41 Å². The molecule has 0 fully saturated rings. The summed E-state index contributed by atoms with van der Waals surface area (Å²) in [5.74, 6) is 0.552. The zero-order valence-corrected chi connectivity index (χ0v) is 14.5. The van der Waals surface area contributed by atoms with Gasteiger partial charge in [-0.3, -0.25) is 0 Å². The van der Waals surface area contributed by atoms with E-state index in [0.717, 1.165) is 5.56 Å². The molecular formula is C14H13Cl2IN2. The maximum atomic E-state index is 6.03. The Bertz CT molecular complexity index is 581. The normalized spacial score (nSPS) is 11.7. The second kappa shape index (κ2) is 5.54. The average molecular weight is 407 g/mol. The molecule has 0 spiro atoms. The van der Waals surface area contributed by atoms with Crippen molar-refractivity contribution in [3.05, 3.63) is 43.7 Å². The van der Waals surface area contributed by atoms with E-state index >= 15 is 0 Å². The summed E-state index contributed by atoms with van der Waals surface area (Å²) in [7, 11) is 0. The minimum atomic E-state index is 0.126. The molecule has 100 valence electrons. The van der Waals surface area contributed by atoms with Crippen LogP contribution in [0.25, 0.3) is 11.4 Å². The maximum Gasteiger partial charge on any atom is 0.162 e. The number of nitrogens with zero attached hydrogens (tertiary/aromatic N) is 2. The minimum Gasteiger partial charge on any atom is -0.215 e. The molecule has 0 radical (unpaired) electrons. The molecule has 2 nitrogen and oxygen atoms in total. The smallest absolute Gasteiger partial charge is 0.162 e. The van der Waals surface area contributed by atoms with Gasteiger partial charge in [0.05, 0.1) is 3.57 Å². The Balaban J connectivity index is 2.43. The van der Waals surface area contributed by atoms with Crippen LogP contribution < -0.4 is 0 Å².